The molecule has 122 valence electrons. The number of aliphatic hydroxyl groups excluding tert-OH is 1. The van der Waals surface area contributed by atoms with Crippen LogP contribution in [0, 0.1) is 17.8 Å². The van der Waals surface area contributed by atoms with Crippen molar-refractivity contribution in [2.45, 2.75) is 57.9 Å². The lowest BCUT2D eigenvalue weighted by atomic mass is 9.75. The highest BCUT2D eigenvalue weighted by atomic mass is 32.2. The molecule has 6 heteroatoms. The van der Waals surface area contributed by atoms with E-state index in [1.807, 2.05) is 0 Å². The predicted molar refractivity (Wildman–Crippen MR) is 80.9 cm³/mol. The van der Waals surface area contributed by atoms with Crippen LogP contribution in [-0.2, 0) is 14.2 Å². The van der Waals surface area contributed by atoms with Crippen LogP contribution in [0.2, 0.25) is 0 Å². The topological polar surface area (TPSA) is 65.0 Å². The summed E-state index contributed by atoms with van der Waals surface area (Å²) in [5, 5.41) is 9.24. The maximum atomic E-state index is 11.9. The lowest BCUT2D eigenvalue weighted by Crippen LogP contribution is -2.36. The second-order valence-corrected chi connectivity index (χ2v) is 7.59. The molecule has 1 aliphatic carbocycles. The van der Waals surface area contributed by atoms with Gasteiger partial charge in [-0.05, 0) is 30.6 Å². The molecule has 0 aromatic rings. The smallest absolute Gasteiger partial charge is 0.431 e. The van der Waals surface area contributed by atoms with Gasteiger partial charge in [-0.2, -0.15) is 0 Å². The Labute approximate surface area is 130 Å². The molecule has 5 atom stereocenters. The fraction of sp³-hybridized carbons (Fsp3) is 0.933. The molecule has 2 rings (SSSR count). The fourth-order valence-electron chi connectivity index (χ4n) is 3.07. The lowest BCUT2D eigenvalue weighted by Gasteiger charge is -2.36. The summed E-state index contributed by atoms with van der Waals surface area (Å²) in [5.74, 6) is 2.01. The van der Waals surface area contributed by atoms with Crippen molar-refractivity contribution < 1.29 is 24.1 Å². The van der Waals surface area contributed by atoms with Crippen molar-refractivity contribution in [1.29, 1.82) is 0 Å². The van der Waals surface area contributed by atoms with Crippen LogP contribution >= 0.6 is 11.8 Å². The lowest BCUT2D eigenvalue weighted by molar-refractivity contribution is -0.0983. The van der Waals surface area contributed by atoms with E-state index >= 15 is 0 Å². The average Bonchev–Trinajstić information content (AvgIpc) is 2.82. The van der Waals surface area contributed by atoms with E-state index in [0.717, 1.165) is 12.8 Å². The van der Waals surface area contributed by atoms with Crippen molar-refractivity contribution in [3.8, 4) is 0 Å². The maximum Gasteiger partial charge on any atom is 0.508 e. The third-order valence-electron chi connectivity index (χ3n) is 4.28. The minimum atomic E-state index is -0.760. The number of carbonyl (C=O) groups excluding carboxylic acids is 1. The van der Waals surface area contributed by atoms with Crippen LogP contribution in [0.5, 0.6) is 0 Å². The average molecular weight is 318 g/mol. The summed E-state index contributed by atoms with van der Waals surface area (Å²) in [6.45, 7) is 6.66. The molecule has 0 spiro atoms. The molecule has 1 aliphatic heterocycles. The normalized spacial score (nSPS) is 36.7. The summed E-state index contributed by atoms with van der Waals surface area (Å²) in [6.07, 6.45) is 1.77. The van der Waals surface area contributed by atoms with Gasteiger partial charge in [0.05, 0.1) is 0 Å². The van der Waals surface area contributed by atoms with E-state index in [-0.39, 0.29) is 18.1 Å². The Kier molecular flexibility index (Phi) is 6.20. The summed E-state index contributed by atoms with van der Waals surface area (Å²) in [6, 6.07) is 0. The van der Waals surface area contributed by atoms with E-state index in [2.05, 4.69) is 20.8 Å². The summed E-state index contributed by atoms with van der Waals surface area (Å²) >= 11 is 1.44. The molecular formula is C15H26O5S. The highest BCUT2D eigenvalue weighted by molar-refractivity contribution is 8.00. The van der Waals surface area contributed by atoms with Gasteiger partial charge in [0.1, 0.15) is 18.1 Å². The summed E-state index contributed by atoms with van der Waals surface area (Å²) in [4.78, 5) is 11.9. The monoisotopic (exact) mass is 318 g/mol. The molecule has 0 unspecified atom stereocenters. The van der Waals surface area contributed by atoms with Crippen LogP contribution in [0.4, 0.5) is 4.79 Å². The first kappa shape index (κ1) is 16.9. The van der Waals surface area contributed by atoms with E-state index < -0.39 is 12.4 Å². The minimum absolute atomic E-state index is 0.0519. The Bertz CT molecular complexity index is 349. The molecule has 0 aromatic carbocycles. The molecular weight excluding hydrogens is 292 g/mol. The molecule has 1 N–H and O–H groups in total. The van der Waals surface area contributed by atoms with Crippen molar-refractivity contribution in [2.24, 2.45) is 17.8 Å². The molecule has 2 fully saturated rings. The minimum Gasteiger partial charge on any atom is -0.431 e. The third kappa shape index (κ3) is 5.04. The van der Waals surface area contributed by atoms with Gasteiger partial charge in [-0.1, -0.05) is 27.2 Å². The quantitative estimate of drug-likeness (QED) is 0.804. The third-order valence-corrected chi connectivity index (χ3v) is 5.38. The Morgan fingerprint density at radius 3 is 2.81 bits per heavy atom. The van der Waals surface area contributed by atoms with Crippen molar-refractivity contribution in [3.05, 3.63) is 0 Å². The SMILES string of the molecule is CC(C)[C@@H]1CC[C@@H](C)C[C@H]1OC(=O)OC[C@@H]1O[C@@H](O)CS1. The number of rotatable bonds is 4. The van der Waals surface area contributed by atoms with Crippen molar-refractivity contribution in [3.63, 3.8) is 0 Å². The number of aliphatic hydroxyl groups is 1. The summed E-state index contributed by atoms with van der Waals surface area (Å²) < 4.78 is 15.8. The maximum absolute atomic E-state index is 11.9. The second kappa shape index (κ2) is 7.70. The van der Waals surface area contributed by atoms with Crippen LogP contribution in [0.3, 0.4) is 0 Å². The molecule has 1 saturated heterocycles. The first-order valence-corrected chi connectivity index (χ1v) is 8.79. The molecule has 0 aromatic heterocycles. The highest BCUT2D eigenvalue weighted by Gasteiger charge is 2.34. The fourth-order valence-corrected chi connectivity index (χ4v) is 3.90. The largest absolute Gasteiger partial charge is 0.508 e. The molecule has 1 heterocycles. The van der Waals surface area contributed by atoms with Crippen molar-refractivity contribution >= 4 is 17.9 Å². The molecule has 5 nitrogen and oxygen atoms in total. The Morgan fingerprint density at radius 1 is 1.43 bits per heavy atom. The number of ether oxygens (including phenoxy) is 3. The first-order valence-electron chi connectivity index (χ1n) is 7.74. The van der Waals surface area contributed by atoms with Crippen LogP contribution in [0.15, 0.2) is 0 Å². The number of hydrogen-bond acceptors (Lipinski definition) is 6. The Morgan fingerprint density at radius 2 is 2.19 bits per heavy atom. The summed E-state index contributed by atoms with van der Waals surface area (Å²) in [7, 11) is 0. The standard InChI is InChI=1S/C15H26O5S/c1-9(2)11-5-4-10(3)6-12(11)19-15(17)18-7-14-20-13(16)8-21-14/h9-14,16H,4-8H2,1-3H3/t10-,11+,12-,13-,14-/m1/s1. The Balaban J connectivity index is 1.77. The van der Waals surface area contributed by atoms with Crippen molar-refractivity contribution in [1.82, 2.24) is 0 Å². The highest BCUT2D eigenvalue weighted by Crippen LogP contribution is 2.35. The summed E-state index contributed by atoms with van der Waals surface area (Å²) in [5.41, 5.74) is -0.293. The van der Waals surface area contributed by atoms with Crippen LogP contribution in [0.1, 0.15) is 40.0 Å². The van der Waals surface area contributed by atoms with Gasteiger partial charge >= 0.3 is 6.16 Å². The van der Waals surface area contributed by atoms with Gasteiger partial charge in [0.2, 0.25) is 0 Å². The van der Waals surface area contributed by atoms with E-state index in [4.69, 9.17) is 14.2 Å². The molecule has 2 aliphatic rings. The molecule has 1 saturated carbocycles. The van der Waals surface area contributed by atoms with E-state index in [1.54, 1.807) is 0 Å². The molecule has 21 heavy (non-hydrogen) atoms. The van der Waals surface area contributed by atoms with Crippen molar-refractivity contribution in [2.75, 3.05) is 12.4 Å². The van der Waals surface area contributed by atoms with Gasteiger partial charge in [0.25, 0.3) is 0 Å². The zero-order chi connectivity index (χ0) is 15.4. The van der Waals surface area contributed by atoms with E-state index in [1.165, 1.54) is 18.2 Å². The molecule has 0 amide bonds. The van der Waals surface area contributed by atoms with E-state index in [0.29, 0.717) is 23.5 Å². The number of thioether (sulfide) groups is 1. The van der Waals surface area contributed by atoms with Gasteiger partial charge in [-0.15, -0.1) is 11.8 Å². The Hall–Kier alpha value is -0.460. The van der Waals surface area contributed by atoms with Crippen LogP contribution in [0.25, 0.3) is 0 Å². The number of hydrogen-bond donors (Lipinski definition) is 1. The van der Waals surface area contributed by atoms with Gasteiger partial charge in [0, 0.05) is 5.75 Å². The van der Waals surface area contributed by atoms with Crippen LogP contribution < -0.4 is 0 Å². The molecule has 0 radical (unpaired) electrons. The number of carbonyl (C=O) groups is 1. The van der Waals surface area contributed by atoms with Gasteiger partial charge in [0.15, 0.2) is 6.29 Å². The predicted octanol–water partition coefficient (Wildman–Crippen LogP) is 3.01. The van der Waals surface area contributed by atoms with Gasteiger partial charge in [-0.25, -0.2) is 4.79 Å². The van der Waals surface area contributed by atoms with E-state index in [9.17, 15) is 9.90 Å². The zero-order valence-electron chi connectivity index (χ0n) is 13.0. The van der Waals surface area contributed by atoms with Gasteiger partial charge < -0.3 is 19.3 Å². The second-order valence-electron chi connectivity index (χ2n) is 6.40. The first-order chi connectivity index (χ1) is 9.95. The molecule has 0 bridgehead atoms. The van der Waals surface area contributed by atoms with Gasteiger partial charge in [-0.3, -0.25) is 0 Å². The van der Waals surface area contributed by atoms with Crippen LogP contribution in [-0.4, -0.2) is 41.5 Å². The zero-order valence-corrected chi connectivity index (χ0v) is 13.8.